The fraction of sp³-hybridized carbons (Fsp3) is 0.700. The van der Waals surface area contributed by atoms with Crippen molar-refractivity contribution in [2.24, 2.45) is 16.7 Å². The molecule has 0 aliphatic heterocycles. The summed E-state index contributed by atoms with van der Waals surface area (Å²) < 4.78 is 6.72. The average Bonchev–Trinajstić information content (AvgIpc) is 2.80. The van der Waals surface area contributed by atoms with E-state index in [9.17, 15) is 0 Å². The smallest absolute Gasteiger partial charge is 0.0993 e. The van der Waals surface area contributed by atoms with Crippen LogP contribution in [0, 0.1) is 16.7 Å². The molecule has 22 heavy (non-hydrogen) atoms. The van der Waals surface area contributed by atoms with Crippen LogP contribution >= 0.6 is 0 Å². The topological polar surface area (TPSA) is 12.5 Å². The fourth-order valence-corrected chi connectivity index (χ4v) is 5.10. The molecule has 1 aromatic rings. The van der Waals surface area contributed by atoms with E-state index in [4.69, 9.17) is 4.74 Å². The maximum absolute atomic E-state index is 6.72. The van der Waals surface area contributed by atoms with Crippen LogP contribution in [0.2, 0.25) is 0 Å². The summed E-state index contributed by atoms with van der Waals surface area (Å²) in [5.41, 5.74) is 1.84. The number of rotatable bonds is 5. The van der Waals surface area contributed by atoms with Gasteiger partial charge in [0.15, 0.2) is 0 Å². The van der Waals surface area contributed by atoms with Crippen LogP contribution < -0.4 is 0 Å². The van der Waals surface area contributed by atoms with Gasteiger partial charge in [-0.3, -0.25) is 0 Å². The van der Waals surface area contributed by atoms with Crippen LogP contribution in [0.4, 0.5) is 0 Å². The van der Waals surface area contributed by atoms with Gasteiger partial charge in [-0.25, -0.2) is 0 Å². The first-order chi connectivity index (χ1) is 10.3. The molecular formula is C20H31NO. The Balaban J connectivity index is 1.99. The Hall–Kier alpha value is -0.860. The van der Waals surface area contributed by atoms with Gasteiger partial charge in [-0.2, -0.15) is 0 Å². The third-order valence-electron chi connectivity index (χ3n) is 6.99. The lowest BCUT2D eigenvalue weighted by Gasteiger charge is -2.49. The van der Waals surface area contributed by atoms with Crippen molar-refractivity contribution in [1.82, 2.24) is 4.90 Å². The minimum Gasteiger partial charge on any atom is -0.368 e. The van der Waals surface area contributed by atoms with Gasteiger partial charge in [0.2, 0.25) is 0 Å². The normalized spacial score (nSPS) is 36.2. The van der Waals surface area contributed by atoms with Gasteiger partial charge in [-0.1, -0.05) is 51.1 Å². The van der Waals surface area contributed by atoms with E-state index < -0.39 is 0 Å². The van der Waals surface area contributed by atoms with E-state index in [0.717, 1.165) is 19.1 Å². The Labute approximate surface area is 135 Å². The minimum atomic E-state index is -0.114. The van der Waals surface area contributed by atoms with Gasteiger partial charge >= 0.3 is 0 Å². The third-order valence-corrected chi connectivity index (χ3v) is 6.99. The Bertz CT molecular complexity index is 524. The van der Waals surface area contributed by atoms with Crippen molar-refractivity contribution in [3.8, 4) is 0 Å². The number of benzene rings is 1. The first-order valence-electron chi connectivity index (χ1n) is 8.68. The minimum absolute atomic E-state index is 0.114. The van der Waals surface area contributed by atoms with Gasteiger partial charge in [0.25, 0.3) is 0 Å². The monoisotopic (exact) mass is 301 g/mol. The zero-order valence-corrected chi connectivity index (χ0v) is 14.9. The molecule has 1 unspecified atom stereocenters. The number of likely N-dealkylation sites (N-methyl/N-ethyl adjacent to an activating group) is 1. The van der Waals surface area contributed by atoms with Crippen LogP contribution in [0.1, 0.15) is 45.6 Å². The van der Waals surface area contributed by atoms with E-state index in [0.29, 0.717) is 5.41 Å². The molecule has 0 amide bonds. The van der Waals surface area contributed by atoms with E-state index in [1.807, 2.05) is 0 Å². The van der Waals surface area contributed by atoms with Crippen molar-refractivity contribution < 1.29 is 4.74 Å². The predicted octanol–water partition coefficient (Wildman–Crippen LogP) is 4.31. The van der Waals surface area contributed by atoms with Crippen molar-refractivity contribution in [1.29, 1.82) is 0 Å². The summed E-state index contributed by atoms with van der Waals surface area (Å²) in [5, 5.41) is 0. The molecule has 2 saturated carbocycles. The van der Waals surface area contributed by atoms with E-state index >= 15 is 0 Å². The highest BCUT2D eigenvalue weighted by Gasteiger charge is 2.69. The number of hydrogen-bond acceptors (Lipinski definition) is 2. The lowest BCUT2D eigenvalue weighted by molar-refractivity contribution is -0.148. The Morgan fingerprint density at radius 2 is 1.82 bits per heavy atom. The van der Waals surface area contributed by atoms with Crippen molar-refractivity contribution in [3.63, 3.8) is 0 Å². The van der Waals surface area contributed by atoms with Gasteiger partial charge in [-0.05, 0) is 50.3 Å². The second kappa shape index (κ2) is 5.35. The number of nitrogens with zero attached hydrogens (tertiary/aromatic N) is 1. The van der Waals surface area contributed by atoms with E-state index in [1.54, 1.807) is 0 Å². The van der Waals surface area contributed by atoms with Crippen molar-refractivity contribution in [3.05, 3.63) is 35.9 Å². The van der Waals surface area contributed by atoms with Crippen LogP contribution in [-0.2, 0) is 10.3 Å². The van der Waals surface area contributed by atoms with Gasteiger partial charge in [-0.15, -0.1) is 0 Å². The van der Waals surface area contributed by atoms with Crippen LogP contribution in [0.5, 0.6) is 0 Å². The Morgan fingerprint density at radius 3 is 2.32 bits per heavy atom. The first-order valence-corrected chi connectivity index (χ1v) is 8.68. The molecule has 2 nitrogen and oxygen atoms in total. The molecule has 2 heteroatoms. The standard InChI is InChI=1S/C20H31NO/c1-18(2)17-11-12-19(18,3)20(15-17,22-14-13-21(4)5)16-9-7-6-8-10-16/h6-10,17H,11-15H2,1-5H3/t17?,19-,20-/m0/s1. The molecule has 0 heterocycles. The molecular weight excluding hydrogens is 270 g/mol. The highest BCUT2D eigenvalue weighted by Crippen LogP contribution is 2.73. The summed E-state index contributed by atoms with van der Waals surface area (Å²) in [4.78, 5) is 2.21. The molecule has 3 atom stereocenters. The molecule has 2 aliphatic carbocycles. The van der Waals surface area contributed by atoms with Gasteiger partial charge < -0.3 is 9.64 Å². The van der Waals surface area contributed by atoms with Gasteiger partial charge in [0, 0.05) is 12.0 Å². The molecule has 122 valence electrons. The third kappa shape index (κ3) is 2.07. The molecule has 0 aromatic heterocycles. The fourth-order valence-electron chi connectivity index (χ4n) is 5.10. The molecule has 0 N–H and O–H groups in total. The summed E-state index contributed by atoms with van der Waals surface area (Å²) in [6.45, 7) is 9.19. The summed E-state index contributed by atoms with van der Waals surface area (Å²) in [7, 11) is 4.23. The zero-order valence-electron chi connectivity index (χ0n) is 14.9. The van der Waals surface area contributed by atoms with Crippen molar-refractivity contribution >= 4 is 0 Å². The highest BCUT2D eigenvalue weighted by atomic mass is 16.5. The molecule has 2 bridgehead atoms. The van der Waals surface area contributed by atoms with Crippen LogP contribution in [0.3, 0.4) is 0 Å². The molecule has 2 aliphatic rings. The molecule has 2 fully saturated rings. The maximum Gasteiger partial charge on any atom is 0.0993 e. The summed E-state index contributed by atoms with van der Waals surface area (Å²) in [6.07, 6.45) is 3.81. The summed E-state index contributed by atoms with van der Waals surface area (Å²) in [5.74, 6) is 0.775. The number of ether oxygens (including phenoxy) is 1. The lowest BCUT2D eigenvalue weighted by Crippen LogP contribution is -2.47. The molecule has 1 aromatic carbocycles. The average molecular weight is 301 g/mol. The Morgan fingerprint density at radius 1 is 1.14 bits per heavy atom. The van der Waals surface area contributed by atoms with E-state index in [2.05, 4.69) is 70.1 Å². The van der Waals surface area contributed by atoms with Crippen LogP contribution in [0.15, 0.2) is 30.3 Å². The lowest BCUT2D eigenvalue weighted by atomic mass is 9.62. The van der Waals surface area contributed by atoms with Crippen LogP contribution in [-0.4, -0.2) is 32.1 Å². The predicted molar refractivity (Wildman–Crippen MR) is 91.9 cm³/mol. The summed E-state index contributed by atoms with van der Waals surface area (Å²) in [6, 6.07) is 11.0. The Kier molecular flexibility index (Phi) is 3.89. The summed E-state index contributed by atoms with van der Waals surface area (Å²) >= 11 is 0. The quantitative estimate of drug-likeness (QED) is 0.803. The molecule has 0 saturated heterocycles. The second-order valence-electron chi connectivity index (χ2n) is 8.34. The first kappa shape index (κ1) is 16.0. The van der Waals surface area contributed by atoms with Gasteiger partial charge in [0.05, 0.1) is 12.2 Å². The van der Waals surface area contributed by atoms with Crippen molar-refractivity contribution in [2.45, 2.75) is 45.6 Å². The highest BCUT2D eigenvalue weighted by molar-refractivity contribution is 5.32. The SMILES string of the molecule is CN(C)CCO[C@]1(c2ccccc2)CC2CC[C@@]1(C)C2(C)C. The number of fused-ring (bicyclic) bond motifs is 2. The second-order valence-corrected chi connectivity index (χ2v) is 8.34. The molecule has 3 rings (SSSR count). The molecule has 0 spiro atoms. The van der Waals surface area contributed by atoms with E-state index in [1.165, 1.54) is 24.8 Å². The van der Waals surface area contributed by atoms with Gasteiger partial charge in [0.1, 0.15) is 0 Å². The molecule has 0 radical (unpaired) electrons. The van der Waals surface area contributed by atoms with E-state index in [-0.39, 0.29) is 11.0 Å². The zero-order chi connectivity index (χ0) is 16.0. The van der Waals surface area contributed by atoms with Crippen molar-refractivity contribution in [2.75, 3.05) is 27.2 Å². The number of hydrogen-bond donors (Lipinski definition) is 0. The maximum atomic E-state index is 6.72. The van der Waals surface area contributed by atoms with Crippen LogP contribution in [0.25, 0.3) is 0 Å². The largest absolute Gasteiger partial charge is 0.368 e.